The molecule has 0 saturated heterocycles. The lowest BCUT2D eigenvalue weighted by molar-refractivity contribution is 0.604. The van der Waals surface area contributed by atoms with Crippen molar-refractivity contribution in [2.24, 2.45) is 0 Å². The Morgan fingerprint density at radius 1 is 1.42 bits per heavy atom. The minimum absolute atomic E-state index is 1.10. The Balaban J connectivity index is 2.15. The molecule has 0 saturated carbocycles. The van der Waals surface area contributed by atoms with Gasteiger partial charge in [-0.2, -0.15) is 0 Å². The predicted molar refractivity (Wildman–Crippen MR) is 54.6 cm³/mol. The van der Waals surface area contributed by atoms with Crippen LogP contribution < -0.4 is 0 Å². The number of aromatic nitrogens is 2. The Labute approximate surface area is 82.1 Å². The lowest BCUT2D eigenvalue weighted by atomic mass is 10.2. The first-order chi connectivity index (χ1) is 5.83. The van der Waals surface area contributed by atoms with Crippen LogP contribution in [-0.2, 0) is 6.54 Å². The SMILES string of the molecule is Cc1cn(CCCCCBr)cn1. The first-order valence-corrected chi connectivity index (χ1v) is 5.49. The highest BCUT2D eigenvalue weighted by molar-refractivity contribution is 9.09. The maximum atomic E-state index is 4.17. The van der Waals surface area contributed by atoms with Gasteiger partial charge in [-0.15, -0.1) is 0 Å². The van der Waals surface area contributed by atoms with E-state index in [2.05, 4.69) is 31.7 Å². The first kappa shape index (κ1) is 9.78. The van der Waals surface area contributed by atoms with Gasteiger partial charge in [-0.1, -0.05) is 22.4 Å². The summed E-state index contributed by atoms with van der Waals surface area (Å²) in [5, 5.41) is 1.12. The number of aryl methyl sites for hydroxylation is 2. The Morgan fingerprint density at radius 2 is 2.25 bits per heavy atom. The van der Waals surface area contributed by atoms with Crippen molar-refractivity contribution in [1.29, 1.82) is 0 Å². The molecule has 0 aromatic carbocycles. The molecule has 0 unspecified atom stereocenters. The molecule has 2 nitrogen and oxygen atoms in total. The molecule has 0 aliphatic carbocycles. The van der Waals surface area contributed by atoms with Gasteiger partial charge in [0.15, 0.2) is 0 Å². The molecule has 68 valence electrons. The summed E-state index contributed by atoms with van der Waals surface area (Å²) in [6, 6.07) is 0. The third-order valence-electron chi connectivity index (χ3n) is 1.81. The Bertz CT molecular complexity index is 220. The number of rotatable bonds is 5. The summed E-state index contributed by atoms with van der Waals surface area (Å²) >= 11 is 3.42. The van der Waals surface area contributed by atoms with Gasteiger partial charge in [0, 0.05) is 18.1 Å². The molecule has 0 amide bonds. The summed E-state index contributed by atoms with van der Waals surface area (Å²) in [7, 11) is 0. The molecule has 0 bridgehead atoms. The van der Waals surface area contributed by atoms with E-state index >= 15 is 0 Å². The normalized spacial score (nSPS) is 10.5. The molecule has 1 rings (SSSR count). The van der Waals surface area contributed by atoms with Gasteiger partial charge >= 0.3 is 0 Å². The number of halogens is 1. The topological polar surface area (TPSA) is 17.8 Å². The molecule has 1 aromatic heterocycles. The van der Waals surface area contributed by atoms with Crippen LogP contribution in [0.4, 0.5) is 0 Å². The molecule has 0 atom stereocenters. The molecule has 0 spiro atoms. The predicted octanol–water partition coefficient (Wildman–Crippen LogP) is 2.76. The number of imidazole rings is 1. The zero-order valence-electron chi connectivity index (χ0n) is 7.46. The second-order valence-electron chi connectivity index (χ2n) is 3.00. The molecular weight excluding hydrogens is 216 g/mol. The summed E-state index contributed by atoms with van der Waals surface area (Å²) in [5.74, 6) is 0. The molecular formula is C9H15BrN2. The zero-order valence-corrected chi connectivity index (χ0v) is 9.05. The highest BCUT2D eigenvalue weighted by atomic mass is 79.9. The second-order valence-corrected chi connectivity index (χ2v) is 3.80. The number of alkyl halides is 1. The average Bonchev–Trinajstić information content (AvgIpc) is 2.45. The minimum atomic E-state index is 1.10. The van der Waals surface area contributed by atoms with Crippen molar-refractivity contribution >= 4 is 15.9 Å². The lowest BCUT2D eigenvalue weighted by Gasteiger charge is -1.99. The van der Waals surface area contributed by atoms with Crippen molar-refractivity contribution in [3.05, 3.63) is 18.2 Å². The number of hydrogen-bond donors (Lipinski definition) is 0. The molecule has 0 radical (unpaired) electrons. The van der Waals surface area contributed by atoms with Gasteiger partial charge in [0.2, 0.25) is 0 Å². The fourth-order valence-electron chi connectivity index (χ4n) is 1.16. The largest absolute Gasteiger partial charge is 0.337 e. The van der Waals surface area contributed by atoms with Gasteiger partial charge in [-0.3, -0.25) is 0 Å². The van der Waals surface area contributed by atoms with Crippen LogP contribution in [0.2, 0.25) is 0 Å². The molecule has 0 fully saturated rings. The molecule has 1 aromatic rings. The van der Waals surface area contributed by atoms with E-state index < -0.39 is 0 Å². The Morgan fingerprint density at radius 3 is 2.83 bits per heavy atom. The van der Waals surface area contributed by atoms with Gasteiger partial charge < -0.3 is 4.57 Å². The average molecular weight is 231 g/mol. The van der Waals surface area contributed by atoms with E-state index in [-0.39, 0.29) is 0 Å². The van der Waals surface area contributed by atoms with Crippen LogP contribution in [0.15, 0.2) is 12.5 Å². The van der Waals surface area contributed by atoms with E-state index in [1.165, 1.54) is 19.3 Å². The third-order valence-corrected chi connectivity index (χ3v) is 2.37. The van der Waals surface area contributed by atoms with E-state index in [0.717, 1.165) is 17.6 Å². The lowest BCUT2D eigenvalue weighted by Crippen LogP contribution is -1.94. The third kappa shape index (κ3) is 3.39. The Kier molecular flexibility index (Phi) is 4.36. The maximum absolute atomic E-state index is 4.17. The van der Waals surface area contributed by atoms with Gasteiger partial charge in [-0.25, -0.2) is 4.98 Å². The van der Waals surface area contributed by atoms with Crippen LogP contribution in [0.5, 0.6) is 0 Å². The number of unbranched alkanes of at least 4 members (excludes halogenated alkanes) is 2. The monoisotopic (exact) mass is 230 g/mol. The summed E-state index contributed by atoms with van der Waals surface area (Å²) < 4.78 is 2.16. The quantitative estimate of drug-likeness (QED) is 0.562. The van der Waals surface area contributed by atoms with E-state index in [1.807, 2.05) is 13.3 Å². The summed E-state index contributed by atoms with van der Waals surface area (Å²) in [5.41, 5.74) is 1.11. The van der Waals surface area contributed by atoms with Crippen LogP contribution >= 0.6 is 15.9 Å². The zero-order chi connectivity index (χ0) is 8.81. The van der Waals surface area contributed by atoms with Crippen LogP contribution in [0.1, 0.15) is 25.0 Å². The van der Waals surface area contributed by atoms with Gasteiger partial charge in [-0.05, 0) is 19.8 Å². The van der Waals surface area contributed by atoms with E-state index in [4.69, 9.17) is 0 Å². The smallest absolute Gasteiger partial charge is 0.0949 e. The fraction of sp³-hybridized carbons (Fsp3) is 0.667. The Hall–Kier alpha value is -0.310. The van der Waals surface area contributed by atoms with E-state index in [9.17, 15) is 0 Å². The van der Waals surface area contributed by atoms with Crippen LogP contribution in [0, 0.1) is 6.92 Å². The van der Waals surface area contributed by atoms with Crippen LogP contribution in [-0.4, -0.2) is 14.9 Å². The van der Waals surface area contributed by atoms with Crippen LogP contribution in [0.25, 0.3) is 0 Å². The molecule has 12 heavy (non-hydrogen) atoms. The summed E-state index contributed by atoms with van der Waals surface area (Å²) in [4.78, 5) is 4.17. The maximum Gasteiger partial charge on any atom is 0.0949 e. The highest BCUT2D eigenvalue weighted by Crippen LogP contribution is 2.02. The van der Waals surface area contributed by atoms with Crippen molar-refractivity contribution in [2.75, 3.05) is 5.33 Å². The highest BCUT2D eigenvalue weighted by Gasteiger charge is 1.92. The molecule has 3 heteroatoms. The van der Waals surface area contributed by atoms with Gasteiger partial charge in [0.25, 0.3) is 0 Å². The van der Waals surface area contributed by atoms with Crippen molar-refractivity contribution < 1.29 is 0 Å². The standard InChI is InChI=1S/C9H15BrN2/c1-9-7-12(8-11-9)6-4-2-3-5-10/h7-8H,2-6H2,1H3. The van der Waals surface area contributed by atoms with Gasteiger partial charge in [0.05, 0.1) is 12.0 Å². The number of nitrogens with zero attached hydrogens (tertiary/aromatic N) is 2. The van der Waals surface area contributed by atoms with Crippen LogP contribution in [0.3, 0.4) is 0 Å². The molecule has 0 N–H and O–H groups in total. The molecule has 0 aliphatic rings. The minimum Gasteiger partial charge on any atom is -0.337 e. The van der Waals surface area contributed by atoms with E-state index in [0.29, 0.717) is 0 Å². The number of hydrogen-bond acceptors (Lipinski definition) is 1. The van der Waals surface area contributed by atoms with Crippen molar-refractivity contribution in [1.82, 2.24) is 9.55 Å². The van der Waals surface area contributed by atoms with Crippen molar-refractivity contribution in [3.8, 4) is 0 Å². The fourth-order valence-corrected chi connectivity index (χ4v) is 1.56. The van der Waals surface area contributed by atoms with E-state index in [1.54, 1.807) is 0 Å². The molecule has 1 heterocycles. The second kappa shape index (κ2) is 5.36. The molecule has 0 aliphatic heterocycles. The summed E-state index contributed by atoms with van der Waals surface area (Å²) in [6.45, 7) is 3.13. The first-order valence-electron chi connectivity index (χ1n) is 4.37. The van der Waals surface area contributed by atoms with Gasteiger partial charge in [0.1, 0.15) is 0 Å². The van der Waals surface area contributed by atoms with Crippen molar-refractivity contribution in [2.45, 2.75) is 32.7 Å². The van der Waals surface area contributed by atoms with Crippen molar-refractivity contribution in [3.63, 3.8) is 0 Å². The summed E-state index contributed by atoms with van der Waals surface area (Å²) in [6.07, 6.45) is 7.81.